The van der Waals surface area contributed by atoms with Crippen molar-refractivity contribution in [3.8, 4) is 17.0 Å². The third kappa shape index (κ3) is 4.55. The van der Waals surface area contributed by atoms with Gasteiger partial charge < -0.3 is 15.0 Å². The number of nitrogens with zero attached hydrogens (tertiary/aromatic N) is 3. The van der Waals surface area contributed by atoms with Crippen molar-refractivity contribution in [2.24, 2.45) is 0 Å². The first-order valence-corrected chi connectivity index (χ1v) is 12.4. The van der Waals surface area contributed by atoms with Gasteiger partial charge in [-0.3, -0.25) is 14.3 Å². The first-order valence-electron chi connectivity index (χ1n) is 12.4. The molecule has 1 fully saturated rings. The average molecular weight is 473 g/mol. The fourth-order valence-electron chi connectivity index (χ4n) is 5.15. The minimum absolute atomic E-state index is 0.110. The lowest BCUT2D eigenvalue weighted by molar-refractivity contribution is -0.134. The highest BCUT2D eigenvalue weighted by atomic mass is 16.5. The zero-order valence-corrected chi connectivity index (χ0v) is 20.4. The summed E-state index contributed by atoms with van der Waals surface area (Å²) in [6, 6.07) is 19.4. The van der Waals surface area contributed by atoms with Gasteiger partial charge in [0.05, 0.1) is 19.3 Å². The Kier molecular flexibility index (Phi) is 6.32. The summed E-state index contributed by atoms with van der Waals surface area (Å²) in [5.74, 6) is 0.462. The van der Waals surface area contributed by atoms with Gasteiger partial charge in [0.15, 0.2) is 0 Å². The highest BCUT2D eigenvalue weighted by molar-refractivity contribution is 6.00. The molecule has 1 unspecified atom stereocenters. The van der Waals surface area contributed by atoms with Gasteiger partial charge in [-0.1, -0.05) is 49.6 Å². The molecule has 0 saturated heterocycles. The molecule has 1 aliphatic carbocycles. The number of carbonyl (C=O) groups is 2. The molecule has 1 saturated carbocycles. The molecule has 2 heterocycles. The van der Waals surface area contributed by atoms with Crippen LogP contribution in [0.1, 0.15) is 55.1 Å². The van der Waals surface area contributed by atoms with Gasteiger partial charge in [0, 0.05) is 18.2 Å². The fourth-order valence-corrected chi connectivity index (χ4v) is 5.15. The maximum atomic E-state index is 13.8. The number of hydrogen-bond acceptors (Lipinski definition) is 4. The Labute approximate surface area is 206 Å². The standard InChI is InChI=1S/C28H32N4O3/c1-28(27(34)29-22-11-7-4-8-12-22)19-32-25(26(33)31(28)18-20-9-5-3-6-10-20)17-24(30-32)21-13-15-23(35-2)16-14-21/h3,5-6,9-10,13-17,22H,4,7-8,11-12,18-19H2,1-2H3,(H,29,34). The zero-order valence-electron chi connectivity index (χ0n) is 20.4. The van der Waals surface area contributed by atoms with Crippen LogP contribution in [0.15, 0.2) is 60.7 Å². The molecule has 7 heteroatoms. The number of aromatic nitrogens is 2. The van der Waals surface area contributed by atoms with E-state index in [0.717, 1.165) is 42.6 Å². The lowest BCUT2D eigenvalue weighted by atomic mass is 9.91. The van der Waals surface area contributed by atoms with Gasteiger partial charge in [0.1, 0.15) is 17.0 Å². The first-order chi connectivity index (χ1) is 17.0. The van der Waals surface area contributed by atoms with E-state index >= 15 is 0 Å². The lowest BCUT2D eigenvalue weighted by Crippen LogP contribution is -2.64. The Balaban J connectivity index is 1.49. The maximum absolute atomic E-state index is 13.8. The van der Waals surface area contributed by atoms with Crippen LogP contribution in [0.4, 0.5) is 0 Å². The summed E-state index contributed by atoms with van der Waals surface area (Å²) in [4.78, 5) is 29.3. The second kappa shape index (κ2) is 9.56. The topological polar surface area (TPSA) is 76.5 Å². The lowest BCUT2D eigenvalue weighted by Gasteiger charge is -2.44. The van der Waals surface area contributed by atoms with Gasteiger partial charge in [-0.05, 0) is 55.7 Å². The largest absolute Gasteiger partial charge is 0.497 e. The molecule has 182 valence electrons. The van der Waals surface area contributed by atoms with Crippen LogP contribution >= 0.6 is 0 Å². The Hall–Kier alpha value is -3.61. The number of ether oxygens (including phenoxy) is 1. The van der Waals surface area contributed by atoms with Crippen molar-refractivity contribution in [1.29, 1.82) is 0 Å². The van der Waals surface area contributed by atoms with E-state index in [4.69, 9.17) is 9.84 Å². The number of benzene rings is 2. The van der Waals surface area contributed by atoms with Gasteiger partial charge in [-0.2, -0.15) is 5.10 Å². The van der Waals surface area contributed by atoms with Gasteiger partial charge in [-0.15, -0.1) is 0 Å². The molecule has 7 nitrogen and oxygen atoms in total. The summed E-state index contributed by atoms with van der Waals surface area (Å²) in [7, 11) is 1.63. The molecule has 0 radical (unpaired) electrons. The summed E-state index contributed by atoms with van der Waals surface area (Å²) >= 11 is 0. The number of fused-ring (bicyclic) bond motifs is 1. The van der Waals surface area contributed by atoms with Crippen LogP contribution in [-0.4, -0.2) is 45.2 Å². The van der Waals surface area contributed by atoms with E-state index in [-0.39, 0.29) is 17.9 Å². The van der Waals surface area contributed by atoms with Gasteiger partial charge in [-0.25, -0.2) is 0 Å². The monoisotopic (exact) mass is 472 g/mol. The summed E-state index contributed by atoms with van der Waals surface area (Å²) < 4.78 is 6.96. The molecule has 2 amide bonds. The number of methoxy groups -OCH3 is 1. The highest BCUT2D eigenvalue weighted by Gasteiger charge is 2.48. The van der Waals surface area contributed by atoms with Gasteiger partial charge in [0.25, 0.3) is 5.91 Å². The maximum Gasteiger partial charge on any atom is 0.273 e. The molecule has 2 aliphatic rings. The third-order valence-corrected chi connectivity index (χ3v) is 7.30. The third-order valence-electron chi connectivity index (χ3n) is 7.30. The predicted molar refractivity (Wildman–Crippen MR) is 134 cm³/mol. The molecule has 1 atom stereocenters. The molecule has 0 spiro atoms. The quantitative estimate of drug-likeness (QED) is 0.576. The van der Waals surface area contributed by atoms with Crippen LogP contribution in [-0.2, 0) is 17.9 Å². The minimum Gasteiger partial charge on any atom is -0.497 e. The Morgan fingerprint density at radius 3 is 2.49 bits per heavy atom. The average Bonchev–Trinajstić information content (AvgIpc) is 3.31. The summed E-state index contributed by atoms with van der Waals surface area (Å²) in [6.45, 7) is 2.52. The second-order valence-electron chi connectivity index (χ2n) is 9.76. The first kappa shape index (κ1) is 23.1. The molecule has 1 aliphatic heterocycles. The van der Waals surface area contributed by atoms with E-state index in [1.54, 1.807) is 16.7 Å². The Morgan fingerprint density at radius 2 is 1.80 bits per heavy atom. The summed E-state index contributed by atoms with van der Waals surface area (Å²) in [6.07, 6.45) is 5.45. The molecule has 2 aromatic carbocycles. The van der Waals surface area contributed by atoms with Crippen LogP contribution in [0.25, 0.3) is 11.3 Å². The Bertz CT molecular complexity index is 1200. The van der Waals surface area contributed by atoms with E-state index in [0.29, 0.717) is 24.5 Å². The molecule has 3 aromatic rings. The number of rotatable bonds is 6. The van der Waals surface area contributed by atoms with Crippen LogP contribution in [0.3, 0.4) is 0 Å². The number of hydrogen-bond donors (Lipinski definition) is 1. The fraction of sp³-hybridized carbons (Fsp3) is 0.393. The molecule has 35 heavy (non-hydrogen) atoms. The van der Waals surface area contributed by atoms with E-state index in [1.165, 1.54) is 6.42 Å². The predicted octanol–water partition coefficient (Wildman–Crippen LogP) is 4.42. The SMILES string of the molecule is COc1ccc(-c2cc3n(n2)CC(C)(C(=O)NC2CCCCC2)N(Cc2ccccc2)C3=O)cc1. The normalized spacial score (nSPS) is 20.4. The zero-order chi connectivity index (χ0) is 24.4. The van der Waals surface area contributed by atoms with Crippen molar-refractivity contribution < 1.29 is 14.3 Å². The molecular formula is C28H32N4O3. The van der Waals surface area contributed by atoms with Crippen molar-refractivity contribution in [1.82, 2.24) is 20.0 Å². The van der Waals surface area contributed by atoms with Crippen molar-refractivity contribution in [3.05, 3.63) is 71.9 Å². The number of amides is 2. The molecule has 0 bridgehead atoms. The van der Waals surface area contributed by atoms with Crippen molar-refractivity contribution >= 4 is 11.8 Å². The minimum atomic E-state index is -1.05. The van der Waals surface area contributed by atoms with Crippen LogP contribution in [0, 0.1) is 0 Å². The summed E-state index contributed by atoms with van der Waals surface area (Å²) in [5.41, 5.74) is 2.02. The molecule has 5 rings (SSSR count). The van der Waals surface area contributed by atoms with Crippen molar-refractivity contribution in [3.63, 3.8) is 0 Å². The Morgan fingerprint density at radius 1 is 1.09 bits per heavy atom. The van der Waals surface area contributed by atoms with E-state index < -0.39 is 5.54 Å². The van der Waals surface area contributed by atoms with E-state index in [1.807, 2.05) is 67.6 Å². The van der Waals surface area contributed by atoms with Gasteiger partial charge in [0.2, 0.25) is 5.91 Å². The number of carbonyl (C=O) groups excluding carboxylic acids is 2. The number of nitrogens with one attached hydrogen (secondary N) is 1. The van der Waals surface area contributed by atoms with E-state index in [2.05, 4.69) is 5.32 Å². The van der Waals surface area contributed by atoms with Gasteiger partial charge >= 0.3 is 0 Å². The van der Waals surface area contributed by atoms with Crippen LogP contribution in [0.2, 0.25) is 0 Å². The van der Waals surface area contributed by atoms with Crippen molar-refractivity contribution in [2.45, 2.75) is 63.7 Å². The molecule has 1 N–H and O–H groups in total. The second-order valence-corrected chi connectivity index (χ2v) is 9.76. The summed E-state index contributed by atoms with van der Waals surface area (Å²) in [5, 5.41) is 8.00. The molecular weight excluding hydrogens is 440 g/mol. The van der Waals surface area contributed by atoms with E-state index in [9.17, 15) is 9.59 Å². The highest BCUT2D eigenvalue weighted by Crippen LogP contribution is 2.32. The van der Waals surface area contributed by atoms with Crippen LogP contribution in [0.5, 0.6) is 5.75 Å². The smallest absolute Gasteiger partial charge is 0.273 e. The molecule has 1 aromatic heterocycles. The van der Waals surface area contributed by atoms with Crippen LogP contribution < -0.4 is 10.1 Å². The van der Waals surface area contributed by atoms with Crippen molar-refractivity contribution in [2.75, 3.05) is 7.11 Å².